The normalized spacial score (nSPS) is 19.7. The number of rotatable bonds is 6. The third-order valence-corrected chi connectivity index (χ3v) is 8.09. The quantitative estimate of drug-likeness (QED) is 0.445. The number of carbonyl (C=O) groups excluding carboxylic acids is 2. The van der Waals surface area contributed by atoms with Crippen molar-refractivity contribution in [3.63, 3.8) is 0 Å². The number of pyridine rings is 1. The number of ether oxygens (including phenoxy) is 1. The van der Waals surface area contributed by atoms with Crippen molar-refractivity contribution in [2.24, 2.45) is 0 Å². The number of hydrogen-bond acceptors (Lipinski definition) is 6. The summed E-state index contributed by atoms with van der Waals surface area (Å²) < 4.78 is 7.53. The molecule has 0 radical (unpaired) electrons. The van der Waals surface area contributed by atoms with Gasteiger partial charge in [-0.1, -0.05) is 18.5 Å². The summed E-state index contributed by atoms with van der Waals surface area (Å²) in [6, 6.07) is 7.64. The standard InChI is InChI=1S/C26H28ClN3O3S/c1-3-21(30-23(31)6-7-24(30)32)22-13-20-26(34-22)18(8-10-29-20)19-12-16(27)11-15(2)25(19)33-17-5-4-9-28-14-17/h8,10-13,17,21,28H,3-7,9,14H2,1-2H3/t17?,21-/m0/s1. The minimum atomic E-state index is -0.264. The van der Waals surface area contributed by atoms with Gasteiger partial charge >= 0.3 is 0 Å². The van der Waals surface area contributed by atoms with Gasteiger partial charge in [0.25, 0.3) is 0 Å². The van der Waals surface area contributed by atoms with Crippen molar-refractivity contribution in [2.45, 2.75) is 58.1 Å². The number of aryl methyl sites for hydroxylation is 1. The lowest BCUT2D eigenvalue weighted by Gasteiger charge is -2.26. The second-order valence-electron chi connectivity index (χ2n) is 8.99. The van der Waals surface area contributed by atoms with Crippen LogP contribution in [0, 0.1) is 6.92 Å². The van der Waals surface area contributed by atoms with Gasteiger partial charge in [-0.15, -0.1) is 11.3 Å². The zero-order valence-corrected chi connectivity index (χ0v) is 21.0. The molecule has 4 heterocycles. The van der Waals surface area contributed by atoms with E-state index in [1.54, 1.807) is 17.5 Å². The number of piperidine rings is 1. The van der Waals surface area contributed by atoms with Crippen LogP contribution in [-0.4, -0.2) is 40.9 Å². The number of likely N-dealkylation sites (tertiary alicyclic amines) is 1. The van der Waals surface area contributed by atoms with Crippen LogP contribution in [0.15, 0.2) is 30.5 Å². The molecule has 5 rings (SSSR count). The molecule has 1 unspecified atom stereocenters. The number of imide groups is 1. The number of nitrogens with zero attached hydrogens (tertiary/aromatic N) is 2. The first-order valence-electron chi connectivity index (χ1n) is 11.9. The number of thiophene rings is 1. The van der Waals surface area contributed by atoms with Crippen LogP contribution in [0.5, 0.6) is 5.75 Å². The third kappa shape index (κ3) is 4.32. The fourth-order valence-electron chi connectivity index (χ4n) is 4.96. The third-order valence-electron chi connectivity index (χ3n) is 6.61. The first-order chi connectivity index (χ1) is 16.5. The van der Waals surface area contributed by atoms with E-state index in [0.29, 0.717) is 24.3 Å². The van der Waals surface area contributed by atoms with Crippen molar-refractivity contribution in [3.8, 4) is 16.9 Å². The maximum atomic E-state index is 12.4. The van der Waals surface area contributed by atoms with Crippen LogP contribution in [-0.2, 0) is 9.59 Å². The number of aromatic nitrogens is 1. The molecule has 178 valence electrons. The average Bonchev–Trinajstić information content (AvgIpc) is 3.40. The minimum absolute atomic E-state index is 0.0928. The van der Waals surface area contributed by atoms with Gasteiger partial charge < -0.3 is 10.1 Å². The number of amides is 2. The maximum Gasteiger partial charge on any atom is 0.230 e. The first-order valence-corrected chi connectivity index (χ1v) is 13.1. The fraction of sp³-hybridized carbons (Fsp3) is 0.423. The Morgan fingerprint density at radius 1 is 1.24 bits per heavy atom. The Bertz CT molecular complexity index is 1240. The Hall–Kier alpha value is -2.48. The van der Waals surface area contributed by atoms with E-state index in [1.165, 1.54) is 4.90 Å². The monoisotopic (exact) mass is 497 g/mol. The van der Waals surface area contributed by atoms with Crippen molar-refractivity contribution in [1.82, 2.24) is 15.2 Å². The molecule has 1 N–H and O–H groups in total. The van der Waals surface area contributed by atoms with E-state index in [1.807, 2.05) is 38.1 Å². The van der Waals surface area contributed by atoms with Gasteiger partial charge in [0.2, 0.25) is 11.8 Å². The number of nitrogens with one attached hydrogen (secondary N) is 1. The van der Waals surface area contributed by atoms with Gasteiger partial charge in [-0.2, -0.15) is 0 Å². The molecule has 8 heteroatoms. The van der Waals surface area contributed by atoms with Crippen LogP contribution in [0.3, 0.4) is 0 Å². The van der Waals surface area contributed by atoms with Crippen molar-refractivity contribution in [1.29, 1.82) is 0 Å². The Labute approximate surface area is 208 Å². The zero-order valence-electron chi connectivity index (χ0n) is 19.4. The van der Waals surface area contributed by atoms with E-state index in [4.69, 9.17) is 16.3 Å². The van der Waals surface area contributed by atoms with E-state index in [-0.39, 0.29) is 24.0 Å². The van der Waals surface area contributed by atoms with Crippen molar-refractivity contribution in [2.75, 3.05) is 13.1 Å². The maximum absolute atomic E-state index is 12.4. The molecule has 0 bridgehead atoms. The molecule has 2 atom stereocenters. The molecule has 2 aliphatic rings. The van der Waals surface area contributed by atoms with Gasteiger partial charge in [-0.05, 0) is 62.6 Å². The van der Waals surface area contributed by atoms with Gasteiger partial charge in [0, 0.05) is 46.6 Å². The molecule has 0 saturated carbocycles. The van der Waals surface area contributed by atoms with Crippen LogP contribution in [0.2, 0.25) is 5.02 Å². The SMILES string of the molecule is CC[C@@H](c1cc2nccc(-c3cc(Cl)cc(C)c3OC3CCCNC3)c2s1)N1C(=O)CCC1=O. The van der Waals surface area contributed by atoms with Gasteiger partial charge in [-0.25, -0.2) is 0 Å². The minimum Gasteiger partial charge on any atom is -0.488 e. The Kier molecular flexibility index (Phi) is 6.60. The Morgan fingerprint density at radius 2 is 2.03 bits per heavy atom. The average molecular weight is 498 g/mol. The molecule has 0 spiro atoms. The number of benzene rings is 1. The van der Waals surface area contributed by atoms with Gasteiger partial charge in [0.15, 0.2) is 0 Å². The summed E-state index contributed by atoms with van der Waals surface area (Å²) in [5, 5.41) is 4.07. The zero-order chi connectivity index (χ0) is 23.8. The van der Waals surface area contributed by atoms with E-state index in [9.17, 15) is 9.59 Å². The summed E-state index contributed by atoms with van der Waals surface area (Å²) in [6.07, 6.45) is 5.26. The number of fused-ring (bicyclic) bond motifs is 1. The largest absolute Gasteiger partial charge is 0.488 e. The Balaban J connectivity index is 1.59. The molecular formula is C26H28ClN3O3S. The van der Waals surface area contributed by atoms with E-state index in [2.05, 4.69) is 10.3 Å². The van der Waals surface area contributed by atoms with Gasteiger partial charge in [0.1, 0.15) is 11.9 Å². The summed E-state index contributed by atoms with van der Waals surface area (Å²) in [5.41, 5.74) is 3.78. The smallest absolute Gasteiger partial charge is 0.230 e. The number of halogens is 1. The molecule has 2 amide bonds. The molecule has 6 nitrogen and oxygen atoms in total. The van der Waals surface area contributed by atoms with E-state index < -0.39 is 0 Å². The molecular weight excluding hydrogens is 470 g/mol. The fourth-order valence-corrected chi connectivity index (χ4v) is 6.55. The number of hydrogen-bond donors (Lipinski definition) is 1. The predicted molar refractivity (Wildman–Crippen MR) is 135 cm³/mol. The van der Waals surface area contributed by atoms with Gasteiger partial charge in [-0.3, -0.25) is 19.5 Å². The summed E-state index contributed by atoms with van der Waals surface area (Å²) in [7, 11) is 0. The van der Waals surface area contributed by atoms with Crippen molar-refractivity contribution >= 4 is 45.0 Å². The Morgan fingerprint density at radius 3 is 2.74 bits per heavy atom. The highest BCUT2D eigenvalue weighted by molar-refractivity contribution is 7.19. The van der Waals surface area contributed by atoms with Crippen molar-refractivity contribution in [3.05, 3.63) is 45.9 Å². The molecule has 2 aromatic heterocycles. The van der Waals surface area contributed by atoms with Crippen LogP contribution in [0.4, 0.5) is 0 Å². The van der Waals surface area contributed by atoms with Crippen LogP contribution >= 0.6 is 22.9 Å². The molecule has 1 aromatic carbocycles. The highest BCUT2D eigenvalue weighted by Gasteiger charge is 2.36. The predicted octanol–water partition coefficient (Wildman–Crippen LogP) is 5.66. The molecule has 0 aliphatic carbocycles. The van der Waals surface area contributed by atoms with Crippen LogP contribution < -0.4 is 10.1 Å². The highest BCUT2D eigenvalue weighted by atomic mass is 35.5. The summed E-state index contributed by atoms with van der Waals surface area (Å²) >= 11 is 8.09. The molecule has 3 aromatic rings. The summed E-state index contributed by atoms with van der Waals surface area (Å²) in [4.78, 5) is 31.9. The van der Waals surface area contributed by atoms with Crippen LogP contribution in [0.25, 0.3) is 21.3 Å². The molecule has 34 heavy (non-hydrogen) atoms. The lowest BCUT2D eigenvalue weighted by molar-refractivity contribution is -0.141. The highest BCUT2D eigenvalue weighted by Crippen LogP contribution is 2.44. The molecule has 2 fully saturated rings. The first kappa shape index (κ1) is 23.3. The van der Waals surface area contributed by atoms with Gasteiger partial charge in [0.05, 0.1) is 16.3 Å². The lowest BCUT2D eigenvalue weighted by atomic mass is 10.0. The lowest BCUT2D eigenvalue weighted by Crippen LogP contribution is -2.37. The van der Waals surface area contributed by atoms with Crippen LogP contribution in [0.1, 0.15) is 55.5 Å². The summed E-state index contributed by atoms with van der Waals surface area (Å²) in [6.45, 7) is 5.88. The molecule has 2 saturated heterocycles. The summed E-state index contributed by atoms with van der Waals surface area (Å²) in [5.74, 6) is 0.659. The second-order valence-corrected chi connectivity index (χ2v) is 10.5. The van der Waals surface area contributed by atoms with E-state index >= 15 is 0 Å². The molecule has 2 aliphatic heterocycles. The topological polar surface area (TPSA) is 71.5 Å². The number of carbonyl (C=O) groups is 2. The second kappa shape index (κ2) is 9.64. The van der Waals surface area contributed by atoms with E-state index in [0.717, 1.165) is 63.5 Å². The van der Waals surface area contributed by atoms with Crippen molar-refractivity contribution < 1.29 is 14.3 Å².